The molecule has 4 aromatic rings. The molecule has 3 nitrogen and oxygen atoms in total. The Bertz CT molecular complexity index is 1290. The van der Waals surface area contributed by atoms with E-state index in [0.717, 1.165) is 34.1 Å². The van der Waals surface area contributed by atoms with E-state index < -0.39 is 0 Å². The van der Waals surface area contributed by atoms with E-state index >= 15 is 0 Å². The fourth-order valence-electron chi connectivity index (χ4n) is 3.91. The average Bonchev–Trinajstić information content (AvgIpc) is 3.07. The fourth-order valence-corrected chi connectivity index (χ4v) is 3.91. The van der Waals surface area contributed by atoms with Crippen LogP contribution in [0, 0.1) is 5.41 Å². The molecule has 3 heteroatoms. The first-order valence-electron chi connectivity index (χ1n) is 10.6. The van der Waals surface area contributed by atoms with Crippen LogP contribution in [-0.4, -0.2) is 9.55 Å². The number of nitrogens with zero attached hydrogens (tertiary/aromatic N) is 3. The number of anilines is 2. The first-order chi connectivity index (χ1) is 15.1. The monoisotopic (exact) mass is 403 g/mol. The Morgan fingerprint density at radius 3 is 2.23 bits per heavy atom. The molecule has 0 N–H and O–H groups in total. The van der Waals surface area contributed by atoms with Gasteiger partial charge in [-0.25, -0.2) is 4.98 Å². The molecule has 5 rings (SSSR count). The quantitative estimate of drug-likeness (QED) is 0.359. The maximum atomic E-state index is 5.10. The first kappa shape index (κ1) is 19.1. The van der Waals surface area contributed by atoms with Gasteiger partial charge in [-0.1, -0.05) is 80.6 Å². The minimum absolute atomic E-state index is 0.000172. The molecule has 0 aliphatic heterocycles. The molecule has 0 saturated carbocycles. The number of para-hydroxylation sites is 4. The van der Waals surface area contributed by atoms with Gasteiger partial charge in [0.05, 0.1) is 11.0 Å². The highest BCUT2D eigenvalue weighted by Gasteiger charge is 2.23. The molecule has 0 spiro atoms. The van der Waals surface area contributed by atoms with E-state index in [-0.39, 0.29) is 5.41 Å². The number of fused-ring (bicyclic) bond motifs is 1. The largest absolute Gasteiger partial charge is 0.280 e. The molecule has 152 valence electrons. The third kappa shape index (κ3) is 3.71. The Labute approximate surface area is 183 Å². The molecule has 3 aromatic carbocycles. The van der Waals surface area contributed by atoms with Crippen molar-refractivity contribution >= 4 is 22.7 Å². The molecule has 0 amide bonds. The lowest BCUT2D eigenvalue weighted by Crippen LogP contribution is -2.19. The Morgan fingerprint density at radius 2 is 1.45 bits per heavy atom. The SMILES string of the molecule is CC1(C)C=CC=C(N(c2ccccc2)c2nc3ccccc3n2-c2ccccc2)C=C1. The summed E-state index contributed by atoms with van der Waals surface area (Å²) in [4.78, 5) is 7.33. The maximum Gasteiger partial charge on any atom is 0.220 e. The standard InChI is InChI=1S/C28H25N3/c1-28(2)20-11-16-24(19-21-28)30(22-12-5-3-6-13-22)27-29-25-17-9-10-18-26(25)31(27)23-14-7-4-8-15-23/h3-21H,1-2H3. The second-order valence-electron chi connectivity index (χ2n) is 8.35. The normalized spacial score (nSPS) is 15.0. The van der Waals surface area contributed by atoms with Crippen LogP contribution in [0.15, 0.2) is 121 Å². The third-order valence-electron chi connectivity index (χ3n) is 5.51. The maximum absolute atomic E-state index is 5.10. The summed E-state index contributed by atoms with van der Waals surface area (Å²) in [5.41, 5.74) is 5.27. The van der Waals surface area contributed by atoms with Gasteiger partial charge in [0.25, 0.3) is 0 Å². The highest BCUT2D eigenvalue weighted by molar-refractivity contribution is 5.84. The molecule has 0 saturated heterocycles. The molecule has 0 fully saturated rings. The summed E-state index contributed by atoms with van der Waals surface area (Å²) in [7, 11) is 0. The zero-order valence-corrected chi connectivity index (χ0v) is 17.8. The second kappa shape index (κ2) is 7.77. The number of allylic oxidation sites excluding steroid dienone is 5. The van der Waals surface area contributed by atoms with E-state index in [1.54, 1.807) is 0 Å². The third-order valence-corrected chi connectivity index (χ3v) is 5.51. The van der Waals surface area contributed by atoms with Gasteiger partial charge in [0.1, 0.15) is 0 Å². The van der Waals surface area contributed by atoms with Gasteiger partial charge in [0.15, 0.2) is 0 Å². The second-order valence-corrected chi connectivity index (χ2v) is 8.35. The van der Waals surface area contributed by atoms with Crippen LogP contribution in [0.2, 0.25) is 0 Å². The smallest absolute Gasteiger partial charge is 0.220 e. The van der Waals surface area contributed by atoms with Crippen molar-refractivity contribution in [3.05, 3.63) is 121 Å². The summed E-state index contributed by atoms with van der Waals surface area (Å²) < 4.78 is 2.23. The van der Waals surface area contributed by atoms with Crippen molar-refractivity contribution in [2.24, 2.45) is 5.41 Å². The molecule has 1 heterocycles. The zero-order valence-electron chi connectivity index (χ0n) is 17.8. The molecule has 0 atom stereocenters. The van der Waals surface area contributed by atoms with E-state index in [1.165, 1.54) is 0 Å². The lowest BCUT2D eigenvalue weighted by atomic mass is 9.93. The van der Waals surface area contributed by atoms with Crippen LogP contribution in [0.3, 0.4) is 0 Å². The molecule has 1 aliphatic rings. The van der Waals surface area contributed by atoms with Crippen molar-refractivity contribution in [1.29, 1.82) is 0 Å². The summed E-state index contributed by atoms with van der Waals surface area (Å²) >= 11 is 0. The minimum Gasteiger partial charge on any atom is -0.280 e. The number of hydrogen-bond donors (Lipinski definition) is 0. The van der Waals surface area contributed by atoms with E-state index in [2.05, 4.69) is 120 Å². The Kier molecular flexibility index (Phi) is 4.79. The van der Waals surface area contributed by atoms with Crippen LogP contribution in [-0.2, 0) is 0 Å². The van der Waals surface area contributed by atoms with Crippen molar-refractivity contribution in [2.75, 3.05) is 4.90 Å². The number of rotatable bonds is 4. The first-order valence-corrected chi connectivity index (χ1v) is 10.6. The average molecular weight is 404 g/mol. The predicted molar refractivity (Wildman–Crippen MR) is 130 cm³/mol. The number of aromatic nitrogens is 2. The van der Waals surface area contributed by atoms with Gasteiger partial charge in [0.2, 0.25) is 5.95 Å². The zero-order chi connectivity index (χ0) is 21.3. The topological polar surface area (TPSA) is 21.1 Å². The lowest BCUT2D eigenvalue weighted by Gasteiger charge is -2.26. The van der Waals surface area contributed by atoms with Crippen molar-refractivity contribution in [3.8, 4) is 5.69 Å². The van der Waals surface area contributed by atoms with Crippen molar-refractivity contribution < 1.29 is 0 Å². The number of hydrogen-bond acceptors (Lipinski definition) is 2. The molecular formula is C28H25N3. The summed E-state index contributed by atoms with van der Waals surface area (Å²) in [6, 6.07) is 29.2. The highest BCUT2D eigenvalue weighted by Crippen LogP contribution is 2.36. The van der Waals surface area contributed by atoms with Gasteiger partial charge in [-0.15, -0.1) is 0 Å². The van der Waals surface area contributed by atoms with Crippen LogP contribution in [0.5, 0.6) is 0 Å². The summed E-state index contributed by atoms with van der Waals surface area (Å²) in [6.07, 6.45) is 11.0. The molecule has 1 aliphatic carbocycles. The Hall–Kier alpha value is -3.85. The highest BCUT2D eigenvalue weighted by atomic mass is 15.3. The molecular weight excluding hydrogens is 378 g/mol. The van der Waals surface area contributed by atoms with Crippen LogP contribution in [0.25, 0.3) is 16.7 Å². The fraction of sp³-hybridized carbons (Fsp3) is 0.107. The predicted octanol–water partition coefficient (Wildman–Crippen LogP) is 7.20. The van der Waals surface area contributed by atoms with Crippen molar-refractivity contribution in [1.82, 2.24) is 9.55 Å². The van der Waals surface area contributed by atoms with Crippen LogP contribution < -0.4 is 4.90 Å². The van der Waals surface area contributed by atoms with E-state index in [0.29, 0.717) is 0 Å². The summed E-state index contributed by atoms with van der Waals surface area (Å²) in [5.74, 6) is 0.864. The molecule has 0 bridgehead atoms. The minimum atomic E-state index is 0.000172. The molecule has 31 heavy (non-hydrogen) atoms. The van der Waals surface area contributed by atoms with Gasteiger partial charge in [-0.05, 0) is 48.6 Å². The van der Waals surface area contributed by atoms with E-state index in [1.807, 2.05) is 18.2 Å². The van der Waals surface area contributed by atoms with Crippen LogP contribution in [0.1, 0.15) is 13.8 Å². The van der Waals surface area contributed by atoms with Crippen molar-refractivity contribution in [3.63, 3.8) is 0 Å². The Balaban J connectivity index is 1.79. The van der Waals surface area contributed by atoms with Gasteiger partial charge in [-0.2, -0.15) is 0 Å². The number of benzene rings is 3. The number of imidazole rings is 1. The summed E-state index contributed by atoms with van der Waals surface area (Å²) in [5, 5.41) is 0. The van der Waals surface area contributed by atoms with Gasteiger partial charge in [0, 0.05) is 22.5 Å². The summed E-state index contributed by atoms with van der Waals surface area (Å²) in [6.45, 7) is 4.42. The Morgan fingerprint density at radius 1 is 0.774 bits per heavy atom. The van der Waals surface area contributed by atoms with Crippen molar-refractivity contribution in [2.45, 2.75) is 13.8 Å². The van der Waals surface area contributed by atoms with Gasteiger partial charge >= 0.3 is 0 Å². The molecule has 0 radical (unpaired) electrons. The lowest BCUT2D eigenvalue weighted by molar-refractivity contribution is 0.627. The van der Waals surface area contributed by atoms with E-state index in [9.17, 15) is 0 Å². The van der Waals surface area contributed by atoms with Crippen LogP contribution >= 0.6 is 0 Å². The molecule has 0 unspecified atom stereocenters. The molecule has 1 aromatic heterocycles. The van der Waals surface area contributed by atoms with Gasteiger partial charge in [-0.3, -0.25) is 9.47 Å². The van der Waals surface area contributed by atoms with Gasteiger partial charge < -0.3 is 0 Å². The van der Waals surface area contributed by atoms with E-state index in [4.69, 9.17) is 4.98 Å². The van der Waals surface area contributed by atoms with Crippen LogP contribution in [0.4, 0.5) is 11.6 Å².